The number of benzene rings is 8. The smallest absolute Gasteiger partial charge is 0.195 e. The largest absolute Gasteiger partial charge is 0.372 e. The Balaban J connectivity index is 1.22. The van der Waals surface area contributed by atoms with Gasteiger partial charge < -0.3 is 5.32 Å². The predicted octanol–water partition coefficient (Wildman–Crippen LogP) is 12.5. The molecular weight excluding hydrogens is 627 g/mol. The van der Waals surface area contributed by atoms with Gasteiger partial charge in [-0.1, -0.05) is 163 Å². The molecule has 0 bridgehead atoms. The maximum Gasteiger partial charge on any atom is 0.195 e. The highest BCUT2D eigenvalue weighted by atomic mass is 32.1. The molecule has 1 N–H and O–H groups in total. The number of hydrogen-bond acceptors (Lipinski definition) is 3. The lowest BCUT2D eigenvalue weighted by Gasteiger charge is -2.27. The summed E-state index contributed by atoms with van der Waals surface area (Å²) in [4.78, 5) is 6.40. The van der Waals surface area contributed by atoms with E-state index >= 15 is 0 Å². The number of aromatic nitrogens is 2. The summed E-state index contributed by atoms with van der Waals surface area (Å²) in [6.45, 7) is 0. The Kier molecular flexibility index (Phi) is 5.89. The first kappa shape index (κ1) is 27.7. The van der Waals surface area contributed by atoms with Crippen molar-refractivity contribution in [3.8, 4) is 33.5 Å². The predicted molar refractivity (Wildman–Crippen MR) is 211 cm³/mol. The lowest BCUT2D eigenvalue weighted by atomic mass is 9.84. The average molecular weight is 656 g/mol. The standard InChI is InChI=1S/C46H29N3S/c1-2-15-29(16-3-1)42-44-43(36-23-10-11-26-38(36)47-42)48-46-49(44)39-27-13-25-37(45(39)50-46)41-34-21-8-6-19-32(34)40(33-20-7-9-22-35(33)41)31-24-12-17-28-14-4-5-18-30(28)31/h1-27,42,47H. The van der Waals surface area contributed by atoms with Gasteiger partial charge >= 0.3 is 0 Å². The number of rotatable bonds is 3. The summed E-state index contributed by atoms with van der Waals surface area (Å²) < 4.78 is 3.66. The maximum atomic E-state index is 5.39. The van der Waals surface area contributed by atoms with Crippen LogP contribution in [0, 0.1) is 0 Å². The quantitative estimate of drug-likeness (QED) is 0.192. The van der Waals surface area contributed by atoms with Gasteiger partial charge in [0.1, 0.15) is 0 Å². The third-order valence-corrected chi connectivity index (χ3v) is 11.5. The Hall–Kier alpha value is -6.23. The molecule has 10 aromatic rings. The monoisotopic (exact) mass is 655 g/mol. The highest BCUT2D eigenvalue weighted by molar-refractivity contribution is 7.24. The van der Waals surface area contributed by atoms with Crippen molar-refractivity contribution >= 4 is 64.5 Å². The van der Waals surface area contributed by atoms with E-state index in [4.69, 9.17) is 4.98 Å². The first-order chi connectivity index (χ1) is 24.8. The topological polar surface area (TPSA) is 29.3 Å². The van der Waals surface area contributed by atoms with E-state index in [0.717, 1.165) is 21.9 Å². The van der Waals surface area contributed by atoms with E-state index < -0.39 is 0 Å². The Morgan fingerprint density at radius 1 is 0.500 bits per heavy atom. The first-order valence-electron chi connectivity index (χ1n) is 17.1. The maximum absolute atomic E-state index is 5.39. The average Bonchev–Trinajstić information content (AvgIpc) is 3.74. The van der Waals surface area contributed by atoms with Crippen LogP contribution < -0.4 is 5.32 Å². The molecule has 0 aliphatic carbocycles. The van der Waals surface area contributed by atoms with E-state index in [1.165, 1.54) is 76.0 Å². The minimum Gasteiger partial charge on any atom is -0.372 e. The van der Waals surface area contributed by atoms with Crippen LogP contribution in [0.15, 0.2) is 164 Å². The number of nitrogens with zero attached hydrogens (tertiary/aromatic N) is 2. The Bertz CT molecular complexity index is 2910. The van der Waals surface area contributed by atoms with Crippen LogP contribution in [0.5, 0.6) is 0 Å². The summed E-state index contributed by atoms with van der Waals surface area (Å²) in [5.41, 5.74) is 12.0. The molecule has 234 valence electrons. The SMILES string of the molecule is c1ccc(C2Nc3ccccc3-c3nc4sc5c(-c6c7ccccc7c(-c7cccc8ccccc78)c7ccccc67)cccc5n4c32)cc1. The summed E-state index contributed by atoms with van der Waals surface area (Å²) in [5.74, 6) is 0. The van der Waals surface area contributed by atoms with E-state index in [2.05, 4.69) is 174 Å². The van der Waals surface area contributed by atoms with Crippen molar-refractivity contribution in [1.82, 2.24) is 9.38 Å². The molecule has 0 spiro atoms. The molecule has 8 aromatic carbocycles. The third kappa shape index (κ3) is 3.88. The zero-order valence-electron chi connectivity index (χ0n) is 27.0. The second-order valence-corrected chi connectivity index (χ2v) is 14.1. The van der Waals surface area contributed by atoms with Gasteiger partial charge in [0.05, 0.1) is 27.6 Å². The Morgan fingerprint density at radius 2 is 1.06 bits per heavy atom. The van der Waals surface area contributed by atoms with Gasteiger partial charge in [0.15, 0.2) is 4.96 Å². The summed E-state index contributed by atoms with van der Waals surface area (Å²) in [5, 5.41) is 11.4. The van der Waals surface area contributed by atoms with Crippen molar-refractivity contribution in [3.63, 3.8) is 0 Å². The molecular formula is C46H29N3S. The lowest BCUT2D eigenvalue weighted by molar-refractivity contribution is 0.874. The second-order valence-electron chi connectivity index (χ2n) is 13.1. The number of fused-ring (bicyclic) bond motifs is 10. The van der Waals surface area contributed by atoms with E-state index in [1.807, 2.05) is 0 Å². The molecule has 0 radical (unpaired) electrons. The van der Waals surface area contributed by atoms with Crippen LogP contribution in [0.2, 0.25) is 0 Å². The molecule has 3 nitrogen and oxygen atoms in total. The number of thiazole rings is 1. The van der Waals surface area contributed by atoms with Gasteiger partial charge in [-0.15, -0.1) is 0 Å². The van der Waals surface area contributed by atoms with Gasteiger partial charge in [0.25, 0.3) is 0 Å². The minimum absolute atomic E-state index is 0.0285. The molecule has 0 saturated carbocycles. The lowest BCUT2D eigenvalue weighted by Crippen LogP contribution is -2.19. The molecule has 1 aliphatic rings. The second kappa shape index (κ2) is 10.6. The van der Waals surface area contributed by atoms with Crippen LogP contribution in [0.3, 0.4) is 0 Å². The van der Waals surface area contributed by atoms with Gasteiger partial charge in [0.2, 0.25) is 0 Å². The molecule has 4 heteroatoms. The zero-order valence-corrected chi connectivity index (χ0v) is 27.8. The number of hydrogen-bond donors (Lipinski definition) is 1. The molecule has 50 heavy (non-hydrogen) atoms. The number of anilines is 1. The molecule has 2 aromatic heterocycles. The van der Waals surface area contributed by atoms with Crippen LogP contribution in [-0.2, 0) is 0 Å². The van der Waals surface area contributed by atoms with Gasteiger partial charge in [-0.2, -0.15) is 0 Å². The fourth-order valence-corrected chi connectivity index (χ4v) is 9.50. The number of nitrogens with one attached hydrogen (secondary N) is 1. The highest BCUT2D eigenvalue weighted by Crippen LogP contribution is 2.50. The zero-order chi connectivity index (χ0) is 32.8. The summed E-state index contributed by atoms with van der Waals surface area (Å²) in [6, 6.07) is 59.4. The Labute approximate surface area is 292 Å². The molecule has 1 aliphatic heterocycles. The van der Waals surface area contributed by atoms with Crippen LogP contribution in [0.25, 0.3) is 81.0 Å². The van der Waals surface area contributed by atoms with Crippen molar-refractivity contribution < 1.29 is 0 Å². The van der Waals surface area contributed by atoms with Crippen molar-refractivity contribution in [2.75, 3.05) is 5.32 Å². The van der Waals surface area contributed by atoms with Crippen molar-refractivity contribution in [2.45, 2.75) is 6.04 Å². The summed E-state index contributed by atoms with van der Waals surface area (Å²) in [6.07, 6.45) is 0. The van der Waals surface area contributed by atoms with Gasteiger partial charge in [-0.05, 0) is 66.7 Å². The third-order valence-electron chi connectivity index (χ3n) is 10.5. The molecule has 1 unspecified atom stereocenters. The van der Waals surface area contributed by atoms with Gasteiger partial charge in [-0.3, -0.25) is 4.40 Å². The van der Waals surface area contributed by atoms with E-state index in [-0.39, 0.29) is 6.04 Å². The molecule has 0 amide bonds. The Morgan fingerprint density at radius 3 is 1.82 bits per heavy atom. The van der Waals surface area contributed by atoms with Crippen LogP contribution in [0.4, 0.5) is 5.69 Å². The number of para-hydroxylation sites is 1. The summed E-state index contributed by atoms with van der Waals surface area (Å²) in [7, 11) is 0. The summed E-state index contributed by atoms with van der Waals surface area (Å²) >= 11 is 1.79. The van der Waals surface area contributed by atoms with Crippen molar-refractivity contribution in [2.24, 2.45) is 0 Å². The normalized spacial score (nSPS) is 14.0. The fraction of sp³-hybridized carbons (Fsp3) is 0.0217. The number of imidazole rings is 1. The van der Waals surface area contributed by atoms with Gasteiger partial charge in [-0.25, -0.2) is 4.98 Å². The van der Waals surface area contributed by atoms with Crippen LogP contribution >= 0.6 is 11.3 Å². The molecule has 1 atom stereocenters. The molecule has 0 fully saturated rings. The van der Waals surface area contributed by atoms with Crippen molar-refractivity contribution in [1.29, 1.82) is 0 Å². The van der Waals surface area contributed by atoms with Gasteiger partial charge in [0, 0.05) is 16.8 Å². The van der Waals surface area contributed by atoms with E-state index in [9.17, 15) is 0 Å². The molecule has 0 saturated heterocycles. The van der Waals surface area contributed by atoms with Crippen LogP contribution in [-0.4, -0.2) is 9.38 Å². The van der Waals surface area contributed by atoms with E-state index in [1.54, 1.807) is 11.3 Å². The highest BCUT2D eigenvalue weighted by Gasteiger charge is 2.32. The van der Waals surface area contributed by atoms with Crippen LogP contribution in [0.1, 0.15) is 17.3 Å². The van der Waals surface area contributed by atoms with E-state index in [0.29, 0.717) is 0 Å². The minimum atomic E-state index is -0.0285. The molecule has 11 rings (SSSR count). The molecule has 3 heterocycles. The van der Waals surface area contributed by atoms with Crippen molar-refractivity contribution in [3.05, 3.63) is 175 Å². The fourth-order valence-electron chi connectivity index (χ4n) is 8.35. The first-order valence-corrected chi connectivity index (χ1v) is 17.9.